The van der Waals surface area contributed by atoms with Crippen LogP contribution in [0.3, 0.4) is 0 Å². The van der Waals surface area contributed by atoms with Crippen molar-refractivity contribution in [3.05, 3.63) is 35.5 Å². The van der Waals surface area contributed by atoms with Crippen molar-refractivity contribution in [1.29, 1.82) is 0 Å². The maximum Gasteiger partial charge on any atom is 0.311 e. The van der Waals surface area contributed by atoms with Crippen molar-refractivity contribution in [2.24, 2.45) is 4.99 Å². The molecule has 1 unspecified atom stereocenters. The molecule has 1 aliphatic heterocycles. The zero-order chi connectivity index (χ0) is 28.2. The molecule has 204 valence electrons. The third-order valence-electron chi connectivity index (χ3n) is 4.58. The Morgan fingerprint density at radius 3 is 2.57 bits per heavy atom. The third-order valence-corrected chi connectivity index (χ3v) is 4.58. The number of hydrogen-bond acceptors (Lipinski definition) is 8. The van der Waals surface area contributed by atoms with Gasteiger partial charge in [0.2, 0.25) is 0 Å². The van der Waals surface area contributed by atoms with Gasteiger partial charge in [0.05, 0.1) is 19.3 Å². The molecule has 0 aromatic heterocycles. The second-order valence-electron chi connectivity index (χ2n) is 7.69. The first-order chi connectivity index (χ1) is 17.6. The lowest BCUT2D eigenvalue weighted by Gasteiger charge is -2.13. The lowest BCUT2D eigenvalue weighted by Crippen LogP contribution is -2.37. The molecule has 0 aromatic rings. The fraction of sp³-hybridized carbons (Fsp3) is 0.480. The molecule has 0 aromatic carbocycles. The van der Waals surface area contributed by atoms with Crippen molar-refractivity contribution in [2.75, 3.05) is 40.9 Å². The van der Waals surface area contributed by atoms with E-state index in [0.717, 1.165) is 6.42 Å². The van der Waals surface area contributed by atoms with Crippen molar-refractivity contribution in [3.8, 4) is 12.3 Å². The number of aliphatic hydroxyl groups is 1. The predicted octanol–water partition coefficient (Wildman–Crippen LogP) is 0.902. The average Bonchev–Trinajstić information content (AvgIpc) is 3.14. The largest absolute Gasteiger partial charge is 0.503 e. The minimum atomic E-state index is -0.725. The molecule has 1 heterocycles. The van der Waals surface area contributed by atoms with Gasteiger partial charge in [-0.1, -0.05) is 13.0 Å². The number of allylic oxidation sites excluding steroid dienone is 4. The van der Waals surface area contributed by atoms with E-state index in [2.05, 4.69) is 26.9 Å². The van der Waals surface area contributed by atoms with E-state index in [0.29, 0.717) is 31.9 Å². The van der Waals surface area contributed by atoms with Gasteiger partial charge < -0.3 is 30.7 Å². The molecular formula is C25H36FN5O6. The van der Waals surface area contributed by atoms with Crippen LogP contribution in [0.1, 0.15) is 32.6 Å². The normalized spacial score (nSPS) is 16.1. The maximum atomic E-state index is 13.3. The predicted molar refractivity (Wildman–Crippen MR) is 138 cm³/mol. The van der Waals surface area contributed by atoms with E-state index >= 15 is 0 Å². The summed E-state index contributed by atoms with van der Waals surface area (Å²) in [7, 11) is 4.47. The Morgan fingerprint density at radius 2 is 2.03 bits per heavy atom. The van der Waals surface area contributed by atoms with Gasteiger partial charge in [0.1, 0.15) is 11.7 Å². The van der Waals surface area contributed by atoms with Crippen LogP contribution in [0, 0.1) is 12.3 Å². The number of halogens is 1. The molecule has 1 atom stereocenters. The molecule has 12 heteroatoms. The number of hydrogen-bond donors (Lipinski definition) is 4. The topological polar surface area (TPSA) is 149 Å². The van der Waals surface area contributed by atoms with Gasteiger partial charge >= 0.3 is 11.8 Å². The van der Waals surface area contributed by atoms with Gasteiger partial charge in [0.25, 0.3) is 5.91 Å². The molecule has 11 nitrogen and oxygen atoms in total. The summed E-state index contributed by atoms with van der Waals surface area (Å²) >= 11 is 0. The van der Waals surface area contributed by atoms with E-state index < -0.39 is 29.3 Å². The van der Waals surface area contributed by atoms with Gasteiger partial charge in [-0.25, -0.2) is 4.39 Å². The SMILES string of the molecule is C#CC/C=C(F)\C=C/CCNC(=O)/C(NC1=NC(CC)COCC1)=C(\O)C=O.CNC(=O)C(=O)N(C)C. The van der Waals surface area contributed by atoms with E-state index in [9.17, 15) is 28.7 Å². The first-order valence-corrected chi connectivity index (χ1v) is 11.6. The number of aldehydes is 1. The molecule has 0 bridgehead atoms. The van der Waals surface area contributed by atoms with Crippen LogP contribution >= 0.6 is 0 Å². The number of carbonyl (C=O) groups is 4. The summed E-state index contributed by atoms with van der Waals surface area (Å²) in [6.07, 6.45) is 11.0. The van der Waals surface area contributed by atoms with Crippen LogP contribution in [0.25, 0.3) is 0 Å². The van der Waals surface area contributed by atoms with Crippen molar-refractivity contribution in [1.82, 2.24) is 20.9 Å². The van der Waals surface area contributed by atoms with E-state index in [4.69, 9.17) is 11.2 Å². The van der Waals surface area contributed by atoms with E-state index in [-0.39, 0.29) is 31.0 Å². The van der Waals surface area contributed by atoms with Gasteiger partial charge in [-0.3, -0.25) is 24.2 Å². The average molecular weight is 522 g/mol. The molecule has 37 heavy (non-hydrogen) atoms. The number of nitrogens with zero attached hydrogens (tertiary/aromatic N) is 2. The van der Waals surface area contributed by atoms with Crippen LogP contribution in [-0.4, -0.2) is 86.8 Å². The second kappa shape index (κ2) is 19.2. The Hall–Kier alpha value is -3.98. The van der Waals surface area contributed by atoms with Crippen LogP contribution in [-0.2, 0) is 23.9 Å². The molecule has 1 rings (SSSR count). The highest BCUT2D eigenvalue weighted by Crippen LogP contribution is 2.07. The van der Waals surface area contributed by atoms with Crippen LogP contribution in [0.4, 0.5) is 4.39 Å². The van der Waals surface area contributed by atoms with Gasteiger partial charge in [-0.2, -0.15) is 0 Å². The number of aliphatic hydroxyl groups excluding tert-OH is 1. The summed E-state index contributed by atoms with van der Waals surface area (Å²) in [5.74, 6) is -0.197. The highest BCUT2D eigenvalue weighted by molar-refractivity contribution is 6.34. The third kappa shape index (κ3) is 14.2. The molecular weight excluding hydrogens is 485 g/mol. The van der Waals surface area contributed by atoms with Crippen molar-refractivity contribution >= 4 is 29.8 Å². The number of amides is 3. The minimum Gasteiger partial charge on any atom is -0.503 e. The first-order valence-electron chi connectivity index (χ1n) is 11.6. The number of ether oxygens (including phenoxy) is 1. The lowest BCUT2D eigenvalue weighted by molar-refractivity contribution is -0.143. The van der Waals surface area contributed by atoms with Crippen molar-refractivity contribution in [2.45, 2.75) is 38.6 Å². The monoisotopic (exact) mass is 521 g/mol. The number of amidine groups is 1. The maximum absolute atomic E-state index is 13.3. The Kier molecular flexibility index (Phi) is 17.2. The number of terminal acetylenes is 1. The smallest absolute Gasteiger partial charge is 0.311 e. The molecule has 0 saturated heterocycles. The summed E-state index contributed by atoms with van der Waals surface area (Å²) in [6, 6.07) is -0.0600. The molecule has 4 N–H and O–H groups in total. The number of rotatable bonds is 9. The Bertz CT molecular complexity index is 950. The fourth-order valence-electron chi connectivity index (χ4n) is 2.54. The Labute approximate surface area is 216 Å². The summed E-state index contributed by atoms with van der Waals surface area (Å²) < 4.78 is 18.7. The first kappa shape index (κ1) is 33.0. The molecule has 0 saturated carbocycles. The zero-order valence-electron chi connectivity index (χ0n) is 21.7. The zero-order valence-corrected chi connectivity index (χ0v) is 21.7. The second-order valence-corrected chi connectivity index (χ2v) is 7.69. The van der Waals surface area contributed by atoms with E-state index in [1.165, 1.54) is 44.3 Å². The summed E-state index contributed by atoms with van der Waals surface area (Å²) in [4.78, 5) is 50.0. The van der Waals surface area contributed by atoms with Crippen LogP contribution < -0.4 is 16.0 Å². The Balaban J connectivity index is 0.00000122. The molecule has 0 aliphatic carbocycles. The number of likely N-dealkylation sites (N-methyl/N-ethyl adjacent to an activating group) is 2. The number of carbonyl (C=O) groups excluding carboxylic acids is 4. The number of aliphatic imine (C=N–C) groups is 1. The van der Waals surface area contributed by atoms with Crippen LogP contribution in [0.2, 0.25) is 0 Å². The number of nitrogens with one attached hydrogen (secondary N) is 3. The highest BCUT2D eigenvalue weighted by Gasteiger charge is 2.19. The lowest BCUT2D eigenvalue weighted by atomic mass is 10.2. The van der Waals surface area contributed by atoms with Gasteiger partial charge in [0.15, 0.2) is 17.7 Å². The summed E-state index contributed by atoms with van der Waals surface area (Å²) in [5.41, 5.74) is -0.283. The molecule has 3 amide bonds. The van der Waals surface area contributed by atoms with Crippen molar-refractivity contribution in [3.63, 3.8) is 0 Å². The van der Waals surface area contributed by atoms with Gasteiger partial charge in [-0.05, 0) is 25.0 Å². The van der Waals surface area contributed by atoms with E-state index in [1.807, 2.05) is 6.92 Å². The van der Waals surface area contributed by atoms with Crippen LogP contribution in [0.5, 0.6) is 0 Å². The van der Waals surface area contributed by atoms with Gasteiger partial charge in [-0.15, -0.1) is 12.3 Å². The molecule has 0 radical (unpaired) electrons. The summed E-state index contributed by atoms with van der Waals surface area (Å²) in [5, 5.41) is 17.3. The molecule has 1 aliphatic rings. The Morgan fingerprint density at radius 1 is 1.32 bits per heavy atom. The molecule has 0 spiro atoms. The van der Waals surface area contributed by atoms with Gasteiger partial charge in [0, 0.05) is 40.5 Å². The molecule has 0 fully saturated rings. The highest BCUT2D eigenvalue weighted by atomic mass is 19.1. The summed E-state index contributed by atoms with van der Waals surface area (Å²) in [6.45, 7) is 3.04. The van der Waals surface area contributed by atoms with Crippen LogP contribution in [0.15, 0.2) is 40.5 Å². The fourth-order valence-corrected chi connectivity index (χ4v) is 2.54. The standard InChI is InChI=1S/C20H26FN3O4.C5H10N2O2/c1-3-5-8-15(21)9-6-7-11-22-20(27)19(17(26)13-25)24-18-10-12-28-14-16(4-2)23-18;1-6-4(8)5(9)7(2)3/h1,6,8-9,13,16,26H,4-5,7,10-12,14H2,2H3,(H,22,27)(H,23,24);1-3H3,(H,6,8)/b9-6-,15-8+,19-17+;. The quantitative estimate of drug-likeness (QED) is 0.0670. The minimum absolute atomic E-state index is 0.0600. The van der Waals surface area contributed by atoms with E-state index in [1.54, 1.807) is 0 Å². The van der Waals surface area contributed by atoms with Crippen molar-refractivity contribution < 1.29 is 33.4 Å².